The van der Waals surface area contributed by atoms with Gasteiger partial charge in [-0.15, -0.1) is 0 Å². The van der Waals surface area contributed by atoms with Crippen LogP contribution in [0.5, 0.6) is 5.75 Å². The van der Waals surface area contributed by atoms with Gasteiger partial charge in [0.05, 0.1) is 5.56 Å². The molecule has 0 saturated heterocycles. The Balaban J connectivity index is 2.10. The summed E-state index contributed by atoms with van der Waals surface area (Å²) in [7, 11) is 0. The summed E-state index contributed by atoms with van der Waals surface area (Å²) in [6, 6.07) is 8.68. The lowest BCUT2D eigenvalue weighted by Crippen LogP contribution is -1.96. The van der Waals surface area contributed by atoms with E-state index in [1.54, 1.807) is 24.3 Å². The van der Waals surface area contributed by atoms with Crippen molar-refractivity contribution in [1.29, 1.82) is 0 Å². The highest BCUT2D eigenvalue weighted by Gasteiger charge is 2.19. The molecule has 102 valence electrons. The third-order valence-corrected chi connectivity index (χ3v) is 4.08. The molecule has 0 saturated carbocycles. The van der Waals surface area contributed by atoms with Gasteiger partial charge in [-0.1, -0.05) is 12.1 Å². The van der Waals surface area contributed by atoms with Gasteiger partial charge in [-0.2, -0.15) is 0 Å². The molecule has 0 amide bonds. The minimum atomic E-state index is -0.939. The Hall–Kier alpha value is -2.29. The predicted octanol–water partition coefficient (Wildman–Crippen LogP) is 3.55. The zero-order valence-corrected chi connectivity index (χ0v) is 11.3. The molecule has 0 bridgehead atoms. The van der Waals surface area contributed by atoms with Crippen LogP contribution in [-0.4, -0.2) is 16.2 Å². The van der Waals surface area contributed by atoms with Gasteiger partial charge in [0.15, 0.2) is 0 Å². The van der Waals surface area contributed by atoms with Crippen LogP contribution in [0.15, 0.2) is 30.3 Å². The van der Waals surface area contributed by atoms with Crippen molar-refractivity contribution in [1.82, 2.24) is 0 Å². The summed E-state index contributed by atoms with van der Waals surface area (Å²) in [6.07, 6.45) is 3.22. The third kappa shape index (κ3) is 1.95. The van der Waals surface area contributed by atoms with E-state index in [4.69, 9.17) is 5.11 Å². The summed E-state index contributed by atoms with van der Waals surface area (Å²) in [5.74, 6) is -0.625. The Labute approximate surface area is 117 Å². The third-order valence-electron chi connectivity index (χ3n) is 4.08. The molecule has 0 heterocycles. The second kappa shape index (κ2) is 4.67. The van der Waals surface area contributed by atoms with Crippen LogP contribution in [0.2, 0.25) is 0 Å². The summed E-state index contributed by atoms with van der Waals surface area (Å²) in [6.45, 7) is 1.95. The number of carboxylic acid groups (broad SMARTS) is 1. The molecule has 0 unspecified atom stereocenters. The van der Waals surface area contributed by atoms with E-state index in [2.05, 4.69) is 0 Å². The fourth-order valence-corrected chi connectivity index (χ4v) is 2.95. The first kappa shape index (κ1) is 12.7. The smallest absolute Gasteiger partial charge is 0.335 e. The van der Waals surface area contributed by atoms with Crippen molar-refractivity contribution in [3.8, 4) is 16.9 Å². The van der Waals surface area contributed by atoms with Gasteiger partial charge in [-0.25, -0.2) is 4.79 Å². The van der Waals surface area contributed by atoms with Gasteiger partial charge in [-0.3, -0.25) is 0 Å². The summed E-state index contributed by atoms with van der Waals surface area (Å²) in [4.78, 5) is 10.9. The fourth-order valence-electron chi connectivity index (χ4n) is 2.95. The van der Waals surface area contributed by atoms with E-state index in [1.165, 1.54) is 11.1 Å². The number of benzene rings is 2. The normalized spacial score (nSPS) is 13.2. The lowest BCUT2D eigenvalue weighted by molar-refractivity contribution is 0.0697. The average Bonchev–Trinajstić information content (AvgIpc) is 2.91. The van der Waals surface area contributed by atoms with Crippen LogP contribution < -0.4 is 0 Å². The quantitative estimate of drug-likeness (QED) is 0.875. The molecule has 0 radical (unpaired) electrons. The molecule has 3 nitrogen and oxygen atoms in total. The van der Waals surface area contributed by atoms with Crippen LogP contribution in [0, 0.1) is 6.92 Å². The number of rotatable bonds is 2. The van der Waals surface area contributed by atoms with Gasteiger partial charge in [0.25, 0.3) is 0 Å². The number of aryl methyl sites for hydroxylation is 1. The van der Waals surface area contributed by atoms with Crippen LogP contribution in [0.4, 0.5) is 0 Å². The molecule has 2 aromatic carbocycles. The zero-order chi connectivity index (χ0) is 14.3. The Morgan fingerprint density at radius 3 is 2.50 bits per heavy atom. The minimum absolute atomic E-state index is 0.256. The van der Waals surface area contributed by atoms with Crippen molar-refractivity contribution < 1.29 is 15.0 Å². The molecule has 0 spiro atoms. The summed E-state index contributed by atoms with van der Waals surface area (Å²) >= 11 is 0. The van der Waals surface area contributed by atoms with Crippen LogP contribution in [0.3, 0.4) is 0 Å². The molecule has 3 rings (SSSR count). The van der Waals surface area contributed by atoms with Gasteiger partial charge in [0.2, 0.25) is 0 Å². The number of carboxylic acids is 1. The topological polar surface area (TPSA) is 57.5 Å². The summed E-state index contributed by atoms with van der Waals surface area (Å²) in [5.41, 5.74) is 5.43. The SMILES string of the molecule is Cc1c(O)c(-c2ccc(C(=O)O)cc2)cc2c1CCC2. The van der Waals surface area contributed by atoms with Gasteiger partial charge in [-0.05, 0) is 66.6 Å². The summed E-state index contributed by atoms with van der Waals surface area (Å²) < 4.78 is 0. The maximum Gasteiger partial charge on any atom is 0.335 e. The van der Waals surface area contributed by atoms with Gasteiger partial charge < -0.3 is 10.2 Å². The average molecular weight is 268 g/mol. The molecule has 0 aromatic heterocycles. The Bertz CT molecular complexity index is 684. The van der Waals surface area contributed by atoms with Gasteiger partial charge >= 0.3 is 5.97 Å². The first-order valence-corrected chi connectivity index (χ1v) is 6.76. The number of aromatic carboxylic acids is 1. The van der Waals surface area contributed by atoms with Crippen LogP contribution in [-0.2, 0) is 12.8 Å². The Morgan fingerprint density at radius 1 is 1.15 bits per heavy atom. The van der Waals surface area contributed by atoms with E-state index in [1.807, 2.05) is 13.0 Å². The van der Waals surface area contributed by atoms with Gasteiger partial charge in [0, 0.05) is 5.56 Å². The minimum Gasteiger partial charge on any atom is -0.507 e. The highest BCUT2D eigenvalue weighted by Crippen LogP contribution is 2.39. The van der Waals surface area contributed by atoms with Crippen molar-refractivity contribution >= 4 is 5.97 Å². The molecular formula is C17H16O3. The number of aromatic hydroxyl groups is 1. The predicted molar refractivity (Wildman–Crippen MR) is 77.3 cm³/mol. The first-order chi connectivity index (χ1) is 9.58. The highest BCUT2D eigenvalue weighted by atomic mass is 16.4. The number of phenolic OH excluding ortho intramolecular Hbond substituents is 1. The molecule has 2 N–H and O–H groups in total. The van der Waals surface area contributed by atoms with Crippen molar-refractivity contribution in [2.45, 2.75) is 26.2 Å². The number of hydrogen-bond donors (Lipinski definition) is 2. The van der Waals surface area contributed by atoms with Crippen LogP contribution >= 0.6 is 0 Å². The molecule has 1 aliphatic carbocycles. The fraction of sp³-hybridized carbons (Fsp3) is 0.235. The van der Waals surface area contributed by atoms with Crippen molar-refractivity contribution in [3.63, 3.8) is 0 Å². The molecule has 2 aromatic rings. The molecular weight excluding hydrogens is 252 g/mol. The molecule has 3 heteroatoms. The van der Waals surface area contributed by atoms with Crippen molar-refractivity contribution in [2.24, 2.45) is 0 Å². The van der Waals surface area contributed by atoms with E-state index >= 15 is 0 Å². The largest absolute Gasteiger partial charge is 0.507 e. The molecule has 20 heavy (non-hydrogen) atoms. The van der Waals surface area contributed by atoms with Crippen LogP contribution in [0.1, 0.15) is 33.5 Å². The van der Waals surface area contributed by atoms with E-state index in [0.29, 0.717) is 5.75 Å². The Morgan fingerprint density at radius 2 is 1.85 bits per heavy atom. The van der Waals surface area contributed by atoms with E-state index in [0.717, 1.165) is 36.0 Å². The number of fused-ring (bicyclic) bond motifs is 1. The summed E-state index contributed by atoms with van der Waals surface area (Å²) in [5, 5.41) is 19.3. The van der Waals surface area contributed by atoms with E-state index < -0.39 is 5.97 Å². The Kier molecular flexibility index (Phi) is 2.97. The maximum absolute atomic E-state index is 10.9. The van der Waals surface area contributed by atoms with Crippen molar-refractivity contribution in [2.75, 3.05) is 0 Å². The molecule has 0 aliphatic heterocycles. The second-order valence-electron chi connectivity index (χ2n) is 5.27. The number of hydrogen-bond acceptors (Lipinski definition) is 2. The zero-order valence-electron chi connectivity index (χ0n) is 11.3. The highest BCUT2D eigenvalue weighted by molar-refractivity contribution is 5.88. The molecule has 1 aliphatic rings. The first-order valence-electron chi connectivity index (χ1n) is 6.76. The standard InChI is InChI=1S/C17H16O3/c1-10-14-4-2-3-13(14)9-15(16(10)18)11-5-7-12(8-6-11)17(19)20/h5-9,18H,2-4H2,1H3,(H,19,20). The molecule has 0 atom stereocenters. The lowest BCUT2D eigenvalue weighted by atomic mass is 9.94. The van der Waals surface area contributed by atoms with Crippen molar-refractivity contribution in [3.05, 3.63) is 52.6 Å². The molecule has 0 fully saturated rings. The van der Waals surface area contributed by atoms with Crippen LogP contribution in [0.25, 0.3) is 11.1 Å². The van der Waals surface area contributed by atoms with E-state index in [-0.39, 0.29) is 5.56 Å². The number of carbonyl (C=O) groups is 1. The monoisotopic (exact) mass is 268 g/mol. The van der Waals surface area contributed by atoms with E-state index in [9.17, 15) is 9.90 Å². The van der Waals surface area contributed by atoms with Gasteiger partial charge in [0.1, 0.15) is 5.75 Å². The number of phenols is 1. The maximum atomic E-state index is 10.9. The lowest BCUT2D eigenvalue weighted by Gasteiger charge is -2.13. The second-order valence-corrected chi connectivity index (χ2v) is 5.27.